The van der Waals surface area contributed by atoms with Gasteiger partial charge in [-0.05, 0) is 13.8 Å². The second-order valence-corrected chi connectivity index (χ2v) is 5.36. The van der Waals surface area contributed by atoms with Gasteiger partial charge in [0.15, 0.2) is 5.82 Å². The van der Waals surface area contributed by atoms with Crippen LogP contribution in [0.3, 0.4) is 0 Å². The zero-order valence-electron chi connectivity index (χ0n) is 11.1. The molecule has 0 aromatic carbocycles. The number of nitrogens with zero attached hydrogens (tertiary/aromatic N) is 3. The van der Waals surface area contributed by atoms with Gasteiger partial charge in [0.05, 0.1) is 6.54 Å². The van der Waals surface area contributed by atoms with E-state index in [1.165, 1.54) is 0 Å². The van der Waals surface area contributed by atoms with Gasteiger partial charge in [-0.15, -0.1) is 0 Å². The minimum atomic E-state index is 0.327. The fraction of sp³-hybridized carbons (Fsp3) is 0.833. The van der Waals surface area contributed by atoms with Crippen molar-refractivity contribution in [3.05, 3.63) is 11.7 Å². The third kappa shape index (κ3) is 3.26. The lowest BCUT2D eigenvalue weighted by Gasteiger charge is -2.35. The molecule has 0 bridgehead atoms. The fourth-order valence-electron chi connectivity index (χ4n) is 2.33. The third-order valence-electron chi connectivity index (χ3n) is 2.99. The maximum atomic E-state index is 5.28. The van der Waals surface area contributed by atoms with Crippen molar-refractivity contribution in [3.63, 3.8) is 0 Å². The lowest BCUT2D eigenvalue weighted by atomic mass is 10.1. The molecule has 1 aromatic heterocycles. The molecule has 5 heteroatoms. The highest BCUT2D eigenvalue weighted by molar-refractivity contribution is 4.92. The van der Waals surface area contributed by atoms with E-state index in [9.17, 15) is 0 Å². The Balaban J connectivity index is 1.95. The van der Waals surface area contributed by atoms with Gasteiger partial charge in [-0.3, -0.25) is 4.90 Å². The van der Waals surface area contributed by atoms with Crippen LogP contribution in [-0.4, -0.2) is 40.2 Å². The van der Waals surface area contributed by atoms with Crippen molar-refractivity contribution in [1.29, 1.82) is 0 Å². The van der Waals surface area contributed by atoms with Gasteiger partial charge in [0.25, 0.3) is 0 Å². The second kappa shape index (κ2) is 5.14. The minimum absolute atomic E-state index is 0.327. The molecule has 0 saturated carbocycles. The van der Waals surface area contributed by atoms with Crippen LogP contribution in [0.25, 0.3) is 0 Å². The van der Waals surface area contributed by atoms with E-state index < -0.39 is 0 Å². The normalized spacial score (nSPS) is 26.6. The summed E-state index contributed by atoms with van der Waals surface area (Å²) in [6, 6.07) is 1.04. The highest BCUT2D eigenvalue weighted by Crippen LogP contribution is 2.12. The van der Waals surface area contributed by atoms with Gasteiger partial charge in [-0.2, -0.15) is 4.98 Å². The molecule has 1 fully saturated rings. The number of nitrogens with one attached hydrogen (secondary N) is 1. The molecule has 1 aromatic rings. The zero-order valence-corrected chi connectivity index (χ0v) is 11.1. The van der Waals surface area contributed by atoms with Crippen molar-refractivity contribution in [3.8, 4) is 0 Å². The molecule has 0 spiro atoms. The van der Waals surface area contributed by atoms with Crippen molar-refractivity contribution < 1.29 is 4.52 Å². The highest BCUT2D eigenvalue weighted by atomic mass is 16.5. The molecule has 0 radical (unpaired) electrons. The topological polar surface area (TPSA) is 54.2 Å². The molecule has 0 amide bonds. The molecule has 1 N–H and O–H groups in total. The Bertz CT molecular complexity index is 353. The molecule has 1 saturated heterocycles. The van der Waals surface area contributed by atoms with E-state index in [1.54, 1.807) is 0 Å². The lowest BCUT2D eigenvalue weighted by molar-refractivity contribution is 0.149. The molecular weight excluding hydrogens is 216 g/mol. The van der Waals surface area contributed by atoms with Gasteiger partial charge in [0.1, 0.15) is 0 Å². The summed E-state index contributed by atoms with van der Waals surface area (Å²) >= 11 is 0. The fourth-order valence-corrected chi connectivity index (χ4v) is 2.33. The maximum absolute atomic E-state index is 5.28. The molecule has 2 unspecified atom stereocenters. The van der Waals surface area contributed by atoms with Crippen LogP contribution >= 0.6 is 0 Å². The molecule has 96 valence electrons. The van der Waals surface area contributed by atoms with E-state index in [0.29, 0.717) is 18.0 Å². The molecule has 0 aliphatic carbocycles. The average molecular weight is 238 g/mol. The van der Waals surface area contributed by atoms with Gasteiger partial charge in [0, 0.05) is 31.1 Å². The highest BCUT2D eigenvalue weighted by Gasteiger charge is 2.22. The molecule has 2 heterocycles. The van der Waals surface area contributed by atoms with E-state index in [4.69, 9.17) is 4.52 Å². The summed E-state index contributed by atoms with van der Waals surface area (Å²) in [5.41, 5.74) is 0. The number of rotatable bonds is 3. The first-order valence-corrected chi connectivity index (χ1v) is 6.35. The Labute approximate surface area is 103 Å². The number of hydrogen-bond acceptors (Lipinski definition) is 5. The number of piperazine rings is 1. The third-order valence-corrected chi connectivity index (χ3v) is 2.99. The van der Waals surface area contributed by atoms with Gasteiger partial charge in [-0.25, -0.2) is 0 Å². The van der Waals surface area contributed by atoms with Gasteiger partial charge >= 0.3 is 0 Å². The van der Waals surface area contributed by atoms with Gasteiger partial charge < -0.3 is 9.84 Å². The van der Waals surface area contributed by atoms with E-state index in [1.807, 2.05) is 0 Å². The Morgan fingerprint density at radius 1 is 1.35 bits per heavy atom. The van der Waals surface area contributed by atoms with E-state index in [-0.39, 0.29) is 0 Å². The maximum Gasteiger partial charge on any atom is 0.240 e. The lowest BCUT2D eigenvalue weighted by Crippen LogP contribution is -2.53. The summed E-state index contributed by atoms with van der Waals surface area (Å²) in [6.45, 7) is 11.4. The van der Waals surface area contributed by atoms with Crippen LogP contribution < -0.4 is 5.32 Å². The molecule has 5 nitrogen and oxygen atoms in total. The van der Waals surface area contributed by atoms with Crippen LogP contribution in [0, 0.1) is 0 Å². The Morgan fingerprint density at radius 3 is 2.53 bits per heavy atom. The average Bonchev–Trinajstić information content (AvgIpc) is 2.64. The van der Waals surface area contributed by atoms with Crippen molar-refractivity contribution >= 4 is 0 Å². The molecule has 2 rings (SSSR count). The summed E-state index contributed by atoms with van der Waals surface area (Å²) in [5, 5.41) is 7.50. The largest absolute Gasteiger partial charge is 0.338 e. The van der Waals surface area contributed by atoms with Crippen LogP contribution in [-0.2, 0) is 6.54 Å². The molecule has 17 heavy (non-hydrogen) atoms. The first-order valence-electron chi connectivity index (χ1n) is 6.35. The van der Waals surface area contributed by atoms with Crippen LogP contribution in [0.2, 0.25) is 0 Å². The van der Waals surface area contributed by atoms with Crippen molar-refractivity contribution in [2.75, 3.05) is 13.1 Å². The van der Waals surface area contributed by atoms with E-state index >= 15 is 0 Å². The van der Waals surface area contributed by atoms with Crippen LogP contribution in [0.4, 0.5) is 0 Å². The van der Waals surface area contributed by atoms with Crippen molar-refractivity contribution in [2.45, 2.75) is 52.2 Å². The predicted molar refractivity (Wildman–Crippen MR) is 65.7 cm³/mol. The summed E-state index contributed by atoms with van der Waals surface area (Å²) in [7, 11) is 0. The van der Waals surface area contributed by atoms with Crippen LogP contribution in [0.15, 0.2) is 4.52 Å². The van der Waals surface area contributed by atoms with Crippen molar-refractivity contribution in [1.82, 2.24) is 20.4 Å². The molecule has 1 aliphatic heterocycles. The Kier molecular flexibility index (Phi) is 3.79. The van der Waals surface area contributed by atoms with Crippen LogP contribution in [0.1, 0.15) is 45.3 Å². The zero-order chi connectivity index (χ0) is 12.4. The second-order valence-electron chi connectivity index (χ2n) is 5.36. The van der Waals surface area contributed by atoms with E-state index in [2.05, 4.69) is 48.1 Å². The van der Waals surface area contributed by atoms with E-state index in [0.717, 1.165) is 31.3 Å². The van der Waals surface area contributed by atoms with Crippen molar-refractivity contribution in [2.24, 2.45) is 0 Å². The first-order chi connectivity index (χ1) is 8.04. The molecule has 1 aliphatic rings. The summed E-state index contributed by atoms with van der Waals surface area (Å²) in [5.74, 6) is 1.86. The van der Waals surface area contributed by atoms with Crippen LogP contribution in [0.5, 0.6) is 0 Å². The van der Waals surface area contributed by atoms with Gasteiger partial charge in [-0.1, -0.05) is 19.0 Å². The smallest absolute Gasteiger partial charge is 0.240 e. The quantitative estimate of drug-likeness (QED) is 0.862. The first kappa shape index (κ1) is 12.5. The number of hydrogen-bond donors (Lipinski definition) is 1. The number of aromatic nitrogens is 2. The summed E-state index contributed by atoms with van der Waals surface area (Å²) < 4.78 is 5.28. The summed E-state index contributed by atoms with van der Waals surface area (Å²) in [4.78, 5) is 6.78. The van der Waals surface area contributed by atoms with Gasteiger partial charge in [0.2, 0.25) is 5.89 Å². The SMILES string of the molecule is CC1CN(Cc2nc(C(C)C)no2)CC(C)N1. The molecule has 2 atom stereocenters. The minimum Gasteiger partial charge on any atom is -0.338 e. The molecular formula is C12H22N4O. The standard InChI is InChI=1S/C12H22N4O/c1-8(2)12-14-11(17-15-12)7-16-5-9(3)13-10(4)6-16/h8-10,13H,5-7H2,1-4H3. The predicted octanol–water partition coefficient (Wildman–Crippen LogP) is 1.38. The monoisotopic (exact) mass is 238 g/mol. The summed E-state index contributed by atoms with van der Waals surface area (Å²) in [6.07, 6.45) is 0. The Morgan fingerprint density at radius 2 is 2.00 bits per heavy atom. The Hall–Kier alpha value is -0.940.